The Morgan fingerprint density at radius 2 is 1.93 bits per heavy atom. The van der Waals surface area contributed by atoms with Gasteiger partial charge in [-0.2, -0.15) is 4.31 Å². The van der Waals surface area contributed by atoms with Crippen LogP contribution in [-0.2, 0) is 20.4 Å². The molecular formula is C18H22ClN3O3S2. The number of amides is 1. The first-order valence-corrected chi connectivity index (χ1v) is 11.4. The second kappa shape index (κ2) is 7.87. The Kier molecular flexibility index (Phi) is 5.90. The summed E-state index contributed by atoms with van der Waals surface area (Å²) in [6.45, 7) is 1.67. The molecule has 1 aliphatic rings. The third-order valence-electron chi connectivity index (χ3n) is 4.75. The molecule has 0 bridgehead atoms. The molecule has 146 valence electrons. The minimum atomic E-state index is -3.76. The van der Waals surface area contributed by atoms with Crippen molar-refractivity contribution in [3.8, 4) is 0 Å². The van der Waals surface area contributed by atoms with Crippen molar-refractivity contribution in [2.24, 2.45) is 0 Å². The monoisotopic (exact) mass is 427 g/mol. The van der Waals surface area contributed by atoms with Crippen LogP contribution in [0.5, 0.6) is 0 Å². The summed E-state index contributed by atoms with van der Waals surface area (Å²) >= 11 is 7.36. The average Bonchev–Trinajstić information content (AvgIpc) is 3.25. The largest absolute Gasteiger partial charge is 0.343 e. The number of carbonyl (C=O) groups excluding carboxylic acids is 1. The molecule has 1 aromatic carbocycles. The van der Waals surface area contributed by atoms with E-state index in [2.05, 4.69) is 10.3 Å². The highest BCUT2D eigenvalue weighted by atomic mass is 35.5. The van der Waals surface area contributed by atoms with E-state index < -0.39 is 15.6 Å². The van der Waals surface area contributed by atoms with Crippen LogP contribution in [0.25, 0.3) is 0 Å². The first kappa shape index (κ1) is 20.3. The molecule has 1 N–H and O–H groups in total. The zero-order valence-corrected chi connectivity index (χ0v) is 17.6. The molecule has 0 radical (unpaired) electrons. The van der Waals surface area contributed by atoms with Gasteiger partial charge in [0.1, 0.15) is 5.01 Å². The number of benzene rings is 1. The number of aryl methyl sites for hydroxylation is 1. The number of rotatable bonds is 6. The van der Waals surface area contributed by atoms with Gasteiger partial charge in [0, 0.05) is 23.1 Å². The lowest BCUT2D eigenvalue weighted by atomic mass is 9.98. The highest BCUT2D eigenvalue weighted by Crippen LogP contribution is 2.40. The van der Waals surface area contributed by atoms with Gasteiger partial charge in [0.25, 0.3) is 0 Å². The minimum absolute atomic E-state index is 0.105. The van der Waals surface area contributed by atoms with Gasteiger partial charge in [-0.05, 0) is 44.0 Å². The predicted octanol–water partition coefficient (Wildman–Crippen LogP) is 3.31. The molecule has 9 heteroatoms. The average molecular weight is 428 g/mol. The second-order valence-corrected chi connectivity index (χ2v) is 10.2. The highest BCUT2D eigenvalue weighted by molar-refractivity contribution is 7.89. The van der Waals surface area contributed by atoms with Crippen LogP contribution in [0, 0.1) is 6.92 Å². The maximum absolute atomic E-state index is 12.7. The summed E-state index contributed by atoms with van der Waals surface area (Å²) in [6.07, 6.45) is 3.66. The van der Waals surface area contributed by atoms with E-state index in [1.165, 1.54) is 31.3 Å². The van der Waals surface area contributed by atoms with Crippen LogP contribution in [0.4, 0.5) is 0 Å². The molecule has 0 atom stereocenters. The molecule has 1 heterocycles. The molecule has 3 rings (SSSR count). The van der Waals surface area contributed by atoms with Crippen LogP contribution >= 0.6 is 22.9 Å². The molecule has 6 nitrogen and oxygen atoms in total. The van der Waals surface area contributed by atoms with E-state index in [1.807, 2.05) is 12.3 Å². The van der Waals surface area contributed by atoms with Gasteiger partial charge in [0.15, 0.2) is 0 Å². The number of aromatic nitrogens is 1. The number of hydrogen-bond acceptors (Lipinski definition) is 5. The Morgan fingerprint density at radius 1 is 1.30 bits per heavy atom. The third kappa shape index (κ3) is 4.34. The van der Waals surface area contributed by atoms with E-state index >= 15 is 0 Å². The molecule has 27 heavy (non-hydrogen) atoms. The molecule has 1 fully saturated rings. The SMILES string of the molecule is Cc1csc(C2(NC(=O)CN(C)S(=O)(=O)c3ccc(Cl)cc3)CCCC2)n1. The topological polar surface area (TPSA) is 79.4 Å². The Hall–Kier alpha value is -1.48. The van der Waals surface area contributed by atoms with Crippen molar-refractivity contribution in [1.29, 1.82) is 0 Å². The minimum Gasteiger partial charge on any atom is -0.343 e. The molecule has 0 spiro atoms. The van der Waals surface area contributed by atoms with Crippen molar-refractivity contribution in [2.75, 3.05) is 13.6 Å². The molecule has 1 aliphatic carbocycles. The summed E-state index contributed by atoms with van der Waals surface area (Å²) in [6, 6.07) is 5.90. The van der Waals surface area contributed by atoms with Crippen LogP contribution in [-0.4, -0.2) is 37.2 Å². The molecule has 1 amide bonds. The fourth-order valence-electron chi connectivity index (χ4n) is 3.32. The zero-order valence-electron chi connectivity index (χ0n) is 15.2. The Balaban J connectivity index is 1.73. The number of hydrogen-bond donors (Lipinski definition) is 1. The number of nitrogens with zero attached hydrogens (tertiary/aromatic N) is 2. The van der Waals surface area contributed by atoms with Crippen molar-refractivity contribution in [2.45, 2.75) is 43.0 Å². The molecular weight excluding hydrogens is 406 g/mol. The summed E-state index contributed by atoms with van der Waals surface area (Å²) in [5.41, 5.74) is 0.443. The van der Waals surface area contributed by atoms with Gasteiger partial charge < -0.3 is 5.32 Å². The second-order valence-electron chi connectivity index (χ2n) is 6.85. The maximum atomic E-state index is 12.7. The van der Waals surface area contributed by atoms with Crippen LogP contribution in [0.15, 0.2) is 34.5 Å². The van der Waals surface area contributed by atoms with Crippen molar-refractivity contribution >= 4 is 38.9 Å². The van der Waals surface area contributed by atoms with E-state index in [-0.39, 0.29) is 17.3 Å². The number of carbonyl (C=O) groups is 1. The van der Waals surface area contributed by atoms with Crippen LogP contribution in [0.2, 0.25) is 5.02 Å². The number of halogens is 1. The molecule has 1 aromatic heterocycles. The molecule has 0 saturated heterocycles. The Morgan fingerprint density at radius 3 is 2.48 bits per heavy atom. The van der Waals surface area contributed by atoms with Crippen LogP contribution in [0.3, 0.4) is 0 Å². The van der Waals surface area contributed by atoms with Gasteiger partial charge in [-0.25, -0.2) is 13.4 Å². The molecule has 1 saturated carbocycles. The lowest BCUT2D eigenvalue weighted by Gasteiger charge is -2.29. The van der Waals surface area contributed by atoms with Crippen molar-refractivity contribution in [3.05, 3.63) is 45.4 Å². The number of thiazole rings is 1. The smallest absolute Gasteiger partial charge is 0.243 e. The normalized spacial score (nSPS) is 16.6. The van der Waals surface area contributed by atoms with Gasteiger partial charge >= 0.3 is 0 Å². The highest BCUT2D eigenvalue weighted by Gasteiger charge is 2.40. The quantitative estimate of drug-likeness (QED) is 0.766. The van der Waals surface area contributed by atoms with Gasteiger partial charge in [-0.15, -0.1) is 11.3 Å². The van der Waals surface area contributed by atoms with E-state index in [0.29, 0.717) is 5.02 Å². The summed E-state index contributed by atoms with van der Waals surface area (Å²) in [5.74, 6) is -0.329. The van der Waals surface area contributed by atoms with E-state index in [9.17, 15) is 13.2 Å². The standard InChI is InChI=1S/C18H22ClN3O3S2/c1-13-12-26-17(20-13)18(9-3-4-10-18)21-16(23)11-22(2)27(24,25)15-7-5-14(19)6-8-15/h5-8,12H,3-4,9-11H2,1-2H3,(H,21,23). The first-order valence-electron chi connectivity index (χ1n) is 8.68. The van der Waals surface area contributed by atoms with Crippen LogP contribution in [0.1, 0.15) is 36.4 Å². The van der Waals surface area contributed by atoms with Crippen molar-refractivity contribution in [3.63, 3.8) is 0 Å². The number of likely N-dealkylation sites (N-methyl/N-ethyl adjacent to an activating group) is 1. The third-order valence-corrected chi connectivity index (χ3v) is 7.99. The van der Waals surface area contributed by atoms with Gasteiger partial charge in [0.2, 0.25) is 15.9 Å². The van der Waals surface area contributed by atoms with E-state index in [0.717, 1.165) is 40.7 Å². The molecule has 0 unspecified atom stereocenters. The summed E-state index contributed by atoms with van der Waals surface area (Å²) in [7, 11) is -2.36. The first-order chi connectivity index (χ1) is 12.7. The Bertz CT molecular complexity index is 920. The Labute approximate surface area is 168 Å². The lowest BCUT2D eigenvalue weighted by Crippen LogP contribution is -2.48. The summed E-state index contributed by atoms with van der Waals surface area (Å²) < 4.78 is 26.4. The fourth-order valence-corrected chi connectivity index (χ4v) is 5.59. The van der Waals surface area contributed by atoms with E-state index in [4.69, 9.17) is 11.6 Å². The van der Waals surface area contributed by atoms with Crippen LogP contribution < -0.4 is 5.32 Å². The number of sulfonamides is 1. The maximum Gasteiger partial charge on any atom is 0.243 e. The van der Waals surface area contributed by atoms with Crippen molar-refractivity contribution in [1.82, 2.24) is 14.6 Å². The van der Waals surface area contributed by atoms with E-state index in [1.54, 1.807) is 11.3 Å². The summed E-state index contributed by atoms with van der Waals surface area (Å²) in [4.78, 5) is 17.3. The molecule has 0 aliphatic heterocycles. The van der Waals surface area contributed by atoms with Crippen molar-refractivity contribution < 1.29 is 13.2 Å². The predicted molar refractivity (Wildman–Crippen MR) is 106 cm³/mol. The molecule has 2 aromatic rings. The van der Waals surface area contributed by atoms with Gasteiger partial charge in [0.05, 0.1) is 17.0 Å². The summed E-state index contributed by atoms with van der Waals surface area (Å²) in [5, 5.41) is 6.39. The van der Waals surface area contributed by atoms with Gasteiger partial charge in [-0.1, -0.05) is 24.4 Å². The van der Waals surface area contributed by atoms with Gasteiger partial charge in [-0.3, -0.25) is 4.79 Å². The number of nitrogens with one attached hydrogen (secondary N) is 1. The lowest BCUT2D eigenvalue weighted by molar-refractivity contribution is -0.123. The zero-order chi connectivity index (χ0) is 19.7. The fraction of sp³-hybridized carbons (Fsp3) is 0.444.